The smallest absolute Gasteiger partial charge is 0.320 e. The van der Waals surface area contributed by atoms with Crippen molar-refractivity contribution >= 4 is 11.3 Å². The fourth-order valence-corrected chi connectivity index (χ4v) is 1.79. The first kappa shape index (κ1) is 11.5. The van der Waals surface area contributed by atoms with Crippen LogP contribution in [0.3, 0.4) is 0 Å². The van der Waals surface area contributed by atoms with E-state index in [1.807, 2.05) is 6.92 Å². The topological polar surface area (TPSA) is 38.9 Å². The number of rotatable bonds is 2. The summed E-state index contributed by atoms with van der Waals surface area (Å²) in [7, 11) is 0. The molecular weight excluding hydrogens is 213 g/mol. The second-order valence-electron chi connectivity index (χ2n) is 3.31. The van der Waals surface area contributed by atoms with E-state index < -0.39 is 17.4 Å². The highest BCUT2D eigenvalue weighted by Crippen LogP contribution is 2.33. The van der Waals surface area contributed by atoms with Crippen molar-refractivity contribution in [2.75, 3.05) is 0 Å². The fraction of sp³-hybridized carbons (Fsp3) is 0.625. The lowest BCUT2D eigenvalue weighted by molar-refractivity contribution is -0.140. The maximum absolute atomic E-state index is 12.2. The zero-order valence-corrected chi connectivity index (χ0v) is 8.67. The lowest BCUT2D eigenvalue weighted by Crippen LogP contribution is -2.32. The quantitative estimate of drug-likeness (QED) is 0.838. The minimum absolute atomic E-state index is 0.326. The summed E-state index contributed by atoms with van der Waals surface area (Å²) < 4.78 is 36.6. The van der Waals surface area contributed by atoms with E-state index in [2.05, 4.69) is 4.98 Å². The predicted octanol–water partition coefficient (Wildman–Crippen LogP) is 2.75. The standard InChI is InChI=1S/C8H11F3N2S/c1-3-7(2,12)6-13-5(4-14-6)8(9,10)11/h4H,3,12H2,1-2H3. The van der Waals surface area contributed by atoms with Crippen LogP contribution >= 0.6 is 11.3 Å². The molecule has 0 fully saturated rings. The normalized spacial score (nSPS) is 16.7. The molecule has 2 N–H and O–H groups in total. The van der Waals surface area contributed by atoms with E-state index in [0.29, 0.717) is 11.4 Å². The van der Waals surface area contributed by atoms with Crippen LogP contribution in [0.1, 0.15) is 31.0 Å². The molecule has 0 bridgehead atoms. The van der Waals surface area contributed by atoms with Crippen LogP contribution in [-0.2, 0) is 11.7 Å². The van der Waals surface area contributed by atoms with Gasteiger partial charge in [0.15, 0.2) is 5.69 Å². The Hall–Kier alpha value is -0.620. The Morgan fingerprint density at radius 2 is 2.07 bits per heavy atom. The summed E-state index contributed by atoms with van der Waals surface area (Å²) in [4.78, 5) is 3.49. The Labute approximate surface area is 84.0 Å². The molecule has 0 aliphatic rings. The van der Waals surface area contributed by atoms with Crippen molar-refractivity contribution in [2.24, 2.45) is 5.73 Å². The van der Waals surface area contributed by atoms with Crippen LogP contribution in [0.2, 0.25) is 0 Å². The van der Waals surface area contributed by atoms with Crippen molar-refractivity contribution in [3.8, 4) is 0 Å². The molecule has 1 aromatic heterocycles. The molecule has 0 aliphatic heterocycles. The summed E-state index contributed by atoms with van der Waals surface area (Å²) in [6.07, 6.45) is -3.82. The van der Waals surface area contributed by atoms with Gasteiger partial charge in [-0.25, -0.2) is 4.98 Å². The molecule has 1 rings (SSSR count). The monoisotopic (exact) mass is 224 g/mol. The van der Waals surface area contributed by atoms with E-state index in [0.717, 1.165) is 16.7 Å². The van der Waals surface area contributed by atoms with E-state index in [4.69, 9.17) is 5.73 Å². The minimum Gasteiger partial charge on any atom is -0.320 e. The molecule has 6 heteroatoms. The molecular formula is C8H11F3N2S. The van der Waals surface area contributed by atoms with Crippen LogP contribution in [0.15, 0.2) is 5.38 Å². The molecule has 2 nitrogen and oxygen atoms in total. The van der Waals surface area contributed by atoms with Crippen LogP contribution in [0.4, 0.5) is 13.2 Å². The van der Waals surface area contributed by atoms with E-state index in [1.54, 1.807) is 6.92 Å². The molecule has 0 saturated heterocycles. The first-order valence-electron chi connectivity index (χ1n) is 4.09. The second-order valence-corrected chi connectivity index (χ2v) is 4.16. The van der Waals surface area contributed by atoms with Crippen molar-refractivity contribution < 1.29 is 13.2 Å². The van der Waals surface area contributed by atoms with Crippen LogP contribution in [0.5, 0.6) is 0 Å². The highest BCUT2D eigenvalue weighted by Gasteiger charge is 2.35. The highest BCUT2D eigenvalue weighted by molar-refractivity contribution is 7.09. The summed E-state index contributed by atoms with van der Waals surface area (Å²) in [5.74, 6) is 0. The van der Waals surface area contributed by atoms with Gasteiger partial charge >= 0.3 is 6.18 Å². The Bertz CT molecular complexity index is 317. The molecule has 1 heterocycles. The van der Waals surface area contributed by atoms with Crippen LogP contribution in [0, 0.1) is 0 Å². The third kappa shape index (κ3) is 2.24. The van der Waals surface area contributed by atoms with Crippen LogP contribution < -0.4 is 5.73 Å². The van der Waals surface area contributed by atoms with Gasteiger partial charge in [0.25, 0.3) is 0 Å². The van der Waals surface area contributed by atoms with Crippen molar-refractivity contribution in [2.45, 2.75) is 32.0 Å². The number of aromatic nitrogens is 1. The number of alkyl halides is 3. The Kier molecular flexibility index (Phi) is 2.87. The van der Waals surface area contributed by atoms with Gasteiger partial charge in [0.2, 0.25) is 0 Å². The van der Waals surface area contributed by atoms with Crippen molar-refractivity contribution in [1.29, 1.82) is 0 Å². The predicted molar refractivity (Wildman–Crippen MR) is 48.9 cm³/mol. The molecule has 0 aromatic carbocycles. The Balaban J connectivity index is 3.00. The first-order valence-corrected chi connectivity index (χ1v) is 4.97. The molecule has 1 atom stereocenters. The number of nitrogens with zero attached hydrogens (tertiary/aromatic N) is 1. The molecule has 0 saturated carbocycles. The average molecular weight is 224 g/mol. The number of hydrogen-bond donors (Lipinski definition) is 1. The number of thiazole rings is 1. The zero-order valence-electron chi connectivity index (χ0n) is 7.85. The Morgan fingerprint density at radius 3 is 2.43 bits per heavy atom. The van der Waals surface area contributed by atoms with E-state index >= 15 is 0 Å². The largest absolute Gasteiger partial charge is 0.434 e. The van der Waals surface area contributed by atoms with Gasteiger partial charge in [-0.05, 0) is 13.3 Å². The van der Waals surface area contributed by atoms with Crippen molar-refractivity contribution in [1.82, 2.24) is 4.98 Å². The van der Waals surface area contributed by atoms with Crippen LogP contribution in [0.25, 0.3) is 0 Å². The molecule has 0 amide bonds. The summed E-state index contributed by atoms with van der Waals surface area (Å²) in [5, 5.41) is 1.32. The van der Waals surface area contributed by atoms with Gasteiger partial charge < -0.3 is 5.73 Å². The lowest BCUT2D eigenvalue weighted by Gasteiger charge is -2.18. The Morgan fingerprint density at radius 1 is 1.50 bits per heavy atom. The maximum Gasteiger partial charge on any atom is 0.434 e. The molecule has 0 aliphatic carbocycles. The SMILES string of the molecule is CCC(C)(N)c1nc(C(F)(F)F)cs1. The summed E-state index contributed by atoms with van der Waals surface area (Å²) in [6.45, 7) is 3.49. The first-order chi connectivity index (χ1) is 6.27. The number of hydrogen-bond acceptors (Lipinski definition) is 3. The van der Waals surface area contributed by atoms with Crippen LogP contribution in [-0.4, -0.2) is 4.98 Å². The summed E-state index contributed by atoms with van der Waals surface area (Å²) in [5.41, 5.74) is 4.15. The van der Waals surface area contributed by atoms with Gasteiger partial charge in [0.1, 0.15) is 5.01 Å². The average Bonchev–Trinajstić information content (AvgIpc) is 2.51. The fourth-order valence-electron chi connectivity index (χ4n) is 0.817. The minimum atomic E-state index is -4.38. The van der Waals surface area contributed by atoms with Gasteiger partial charge in [-0.2, -0.15) is 13.2 Å². The zero-order chi connectivity index (χ0) is 11.0. The highest BCUT2D eigenvalue weighted by atomic mass is 32.1. The molecule has 0 spiro atoms. The molecule has 1 unspecified atom stereocenters. The van der Waals surface area contributed by atoms with Gasteiger partial charge in [0, 0.05) is 5.38 Å². The molecule has 1 aromatic rings. The van der Waals surface area contributed by atoms with Gasteiger partial charge in [-0.3, -0.25) is 0 Å². The van der Waals surface area contributed by atoms with E-state index in [-0.39, 0.29) is 0 Å². The second kappa shape index (κ2) is 3.51. The van der Waals surface area contributed by atoms with E-state index in [9.17, 15) is 13.2 Å². The van der Waals surface area contributed by atoms with Gasteiger partial charge in [-0.15, -0.1) is 11.3 Å². The van der Waals surface area contributed by atoms with Gasteiger partial charge in [-0.1, -0.05) is 6.92 Å². The molecule has 14 heavy (non-hydrogen) atoms. The third-order valence-electron chi connectivity index (χ3n) is 2.02. The number of halogens is 3. The maximum atomic E-state index is 12.2. The molecule has 80 valence electrons. The molecule has 0 radical (unpaired) electrons. The van der Waals surface area contributed by atoms with Crippen molar-refractivity contribution in [3.63, 3.8) is 0 Å². The summed E-state index contributed by atoms with van der Waals surface area (Å²) >= 11 is 0.952. The van der Waals surface area contributed by atoms with Gasteiger partial charge in [0.05, 0.1) is 5.54 Å². The third-order valence-corrected chi connectivity index (χ3v) is 3.14. The number of nitrogens with two attached hydrogens (primary N) is 1. The summed E-state index contributed by atoms with van der Waals surface area (Å²) in [6, 6.07) is 0. The van der Waals surface area contributed by atoms with E-state index in [1.165, 1.54) is 0 Å². The van der Waals surface area contributed by atoms with Crippen molar-refractivity contribution in [3.05, 3.63) is 16.1 Å². The lowest BCUT2D eigenvalue weighted by atomic mass is 10.0.